The van der Waals surface area contributed by atoms with Gasteiger partial charge in [-0.15, -0.1) is 0 Å². The first-order valence-electron chi connectivity index (χ1n) is 8.50. The zero-order chi connectivity index (χ0) is 20.3. The lowest BCUT2D eigenvalue weighted by atomic mass is 10.1. The molecule has 0 aliphatic carbocycles. The molecule has 2 N–H and O–H groups in total. The Morgan fingerprint density at radius 3 is 2.50 bits per heavy atom. The summed E-state index contributed by atoms with van der Waals surface area (Å²) < 4.78 is 39.7. The molecule has 6 nitrogen and oxygen atoms in total. The van der Waals surface area contributed by atoms with Crippen LogP contribution in [0.1, 0.15) is 35.7 Å². The zero-order valence-electron chi connectivity index (χ0n) is 15.2. The van der Waals surface area contributed by atoms with Gasteiger partial charge in [-0.1, -0.05) is 12.1 Å². The molecule has 0 saturated carbocycles. The summed E-state index contributed by atoms with van der Waals surface area (Å²) in [6.07, 6.45) is -3.80. The van der Waals surface area contributed by atoms with Crippen molar-refractivity contribution in [1.82, 2.24) is 19.9 Å². The molecule has 0 bridgehead atoms. The fourth-order valence-corrected chi connectivity index (χ4v) is 2.64. The molecule has 146 valence electrons. The van der Waals surface area contributed by atoms with Crippen LogP contribution < -0.4 is 5.32 Å². The lowest BCUT2D eigenvalue weighted by molar-refractivity contribution is -0.141. The molecule has 3 aromatic heterocycles. The number of pyridine rings is 2. The molecule has 0 amide bonds. The van der Waals surface area contributed by atoms with Gasteiger partial charge < -0.3 is 10.4 Å². The summed E-state index contributed by atoms with van der Waals surface area (Å²) in [5, 5.41) is 12.5. The van der Waals surface area contributed by atoms with Crippen LogP contribution in [0.4, 0.5) is 19.0 Å². The van der Waals surface area contributed by atoms with E-state index in [1.54, 1.807) is 44.2 Å². The van der Waals surface area contributed by atoms with E-state index in [0.29, 0.717) is 17.0 Å². The summed E-state index contributed by atoms with van der Waals surface area (Å²) >= 11 is 0. The van der Waals surface area contributed by atoms with Gasteiger partial charge in [-0.2, -0.15) is 13.2 Å². The summed E-state index contributed by atoms with van der Waals surface area (Å²) in [6, 6.07) is 9.14. The molecule has 0 radical (unpaired) electrons. The summed E-state index contributed by atoms with van der Waals surface area (Å²) in [7, 11) is 0. The van der Waals surface area contributed by atoms with E-state index in [0.717, 1.165) is 6.07 Å². The van der Waals surface area contributed by atoms with Crippen LogP contribution in [0, 0.1) is 6.92 Å². The smallest absolute Gasteiger partial charge is 0.389 e. The van der Waals surface area contributed by atoms with Crippen molar-refractivity contribution in [2.45, 2.75) is 32.7 Å². The molecule has 28 heavy (non-hydrogen) atoms. The summed E-state index contributed by atoms with van der Waals surface area (Å²) in [5.74, 6) is -0.103. The molecular weight excluding hydrogens is 371 g/mol. The Balaban J connectivity index is 1.88. The van der Waals surface area contributed by atoms with Gasteiger partial charge in [0.1, 0.15) is 11.5 Å². The molecule has 0 aliphatic heterocycles. The fourth-order valence-electron chi connectivity index (χ4n) is 2.64. The largest absolute Gasteiger partial charge is 0.433 e. The lowest BCUT2D eigenvalue weighted by Crippen LogP contribution is -2.13. The van der Waals surface area contributed by atoms with Crippen molar-refractivity contribution in [2.24, 2.45) is 0 Å². The molecule has 0 spiro atoms. The van der Waals surface area contributed by atoms with Crippen LogP contribution in [0.25, 0.3) is 11.5 Å². The van der Waals surface area contributed by atoms with Crippen LogP contribution in [-0.2, 0) is 12.7 Å². The topological polar surface area (TPSA) is 83.8 Å². The molecule has 0 saturated heterocycles. The van der Waals surface area contributed by atoms with Crippen LogP contribution in [0.2, 0.25) is 0 Å². The summed E-state index contributed by atoms with van der Waals surface area (Å²) in [6.45, 7) is 3.56. The number of hydrogen-bond donors (Lipinski definition) is 2. The number of halogens is 3. The van der Waals surface area contributed by atoms with E-state index < -0.39 is 18.0 Å². The highest BCUT2D eigenvalue weighted by molar-refractivity contribution is 5.53. The molecule has 1 unspecified atom stereocenters. The molecule has 0 aliphatic rings. The monoisotopic (exact) mass is 389 g/mol. The second kappa shape index (κ2) is 7.89. The molecule has 0 aromatic carbocycles. The van der Waals surface area contributed by atoms with Crippen LogP contribution in [0.5, 0.6) is 0 Å². The molecule has 3 aromatic rings. The van der Waals surface area contributed by atoms with E-state index in [9.17, 15) is 18.3 Å². The zero-order valence-corrected chi connectivity index (χ0v) is 15.2. The number of nitrogens with one attached hydrogen (secondary N) is 1. The van der Waals surface area contributed by atoms with E-state index in [2.05, 4.69) is 25.3 Å². The minimum absolute atomic E-state index is 0.0158. The normalized spacial score (nSPS) is 12.6. The predicted octanol–water partition coefficient (Wildman–Crippen LogP) is 3.93. The van der Waals surface area contributed by atoms with E-state index in [4.69, 9.17) is 0 Å². The van der Waals surface area contributed by atoms with Crippen LogP contribution in [0.3, 0.4) is 0 Å². The van der Waals surface area contributed by atoms with Gasteiger partial charge >= 0.3 is 6.18 Å². The van der Waals surface area contributed by atoms with Crippen LogP contribution in [-0.4, -0.2) is 25.0 Å². The van der Waals surface area contributed by atoms with Gasteiger partial charge in [-0.25, -0.2) is 9.97 Å². The fraction of sp³-hybridized carbons (Fsp3) is 0.263. The Kier molecular flexibility index (Phi) is 5.55. The average Bonchev–Trinajstić information content (AvgIpc) is 2.66. The van der Waals surface area contributed by atoms with Gasteiger partial charge in [0.2, 0.25) is 0 Å². The molecule has 9 heteroatoms. The maximum atomic E-state index is 13.2. The van der Waals surface area contributed by atoms with Gasteiger partial charge in [-0.05, 0) is 32.0 Å². The van der Waals surface area contributed by atoms with Crippen LogP contribution >= 0.6 is 0 Å². The first-order chi connectivity index (χ1) is 13.2. The molecule has 0 fully saturated rings. The Morgan fingerprint density at radius 1 is 1.11 bits per heavy atom. The van der Waals surface area contributed by atoms with Crippen molar-refractivity contribution < 1.29 is 18.3 Å². The van der Waals surface area contributed by atoms with Gasteiger partial charge in [0, 0.05) is 23.5 Å². The molecule has 3 rings (SSSR count). The van der Waals surface area contributed by atoms with Crippen molar-refractivity contribution in [3.8, 4) is 11.5 Å². The number of aromatic nitrogens is 4. The molecular formula is C19H18F3N5O. The third kappa shape index (κ3) is 4.61. The maximum absolute atomic E-state index is 13.2. The van der Waals surface area contributed by atoms with Crippen molar-refractivity contribution in [3.05, 3.63) is 65.2 Å². The second-order valence-electron chi connectivity index (χ2n) is 6.18. The third-order valence-corrected chi connectivity index (χ3v) is 4.00. The Hall–Kier alpha value is -3.07. The first-order valence-corrected chi connectivity index (χ1v) is 8.50. The standard InChI is InChI=1S/C19H18F3N5O/c1-11-14(12(2)28)7-6-13(25-11)10-24-17-9-16(19(20,21)22)26-18(27-17)15-5-3-4-8-23-15/h3-9,12,28H,10H2,1-2H3,(H,24,26,27). The Morgan fingerprint density at radius 2 is 1.89 bits per heavy atom. The Labute approximate surface area is 159 Å². The quantitative estimate of drug-likeness (QED) is 0.688. The van der Waals surface area contributed by atoms with E-state index >= 15 is 0 Å². The SMILES string of the molecule is Cc1nc(CNc2cc(C(F)(F)F)nc(-c3ccccn3)n2)ccc1C(C)O. The summed E-state index contributed by atoms with van der Waals surface area (Å²) in [5.41, 5.74) is 1.14. The van der Waals surface area contributed by atoms with E-state index in [-0.39, 0.29) is 23.9 Å². The number of aliphatic hydroxyl groups excluding tert-OH is 1. The highest BCUT2D eigenvalue weighted by Gasteiger charge is 2.34. The molecule has 3 heterocycles. The average molecular weight is 389 g/mol. The highest BCUT2D eigenvalue weighted by Crippen LogP contribution is 2.30. The minimum Gasteiger partial charge on any atom is -0.389 e. The number of anilines is 1. The Bertz CT molecular complexity index is 962. The predicted molar refractivity (Wildman–Crippen MR) is 97.2 cm³/mol. The van der Waals surface area contributed by atoms with E-state index in [1.165, 1.54) is 6.20 Å². The van der Waals surface area contributed by atoms with Crippen LogP contribution in [0.15, 0.2) is 42.6 Å². The molecule has 1 atom stereocenters. The van der Waals surface area contributed by atoms with Gasteiger partial charge in [-0.3, -0.25) is 9.97 Å². The second-order valence-corrected chi connectivity index (χ2v) is 6.18. The number of hydrogen-bond acceptors (Lipinski definition) is 6. The van der Waals surface area contributed by atoms with Crippen molar-refractivity contribution in [3.63, 3.8) is 0 Å². The number of aliphatic hydroxyl groups is 1. The van der Waals surface area contributed by atoms with Gasteiger partial charge in [0.25, 0.3) is 0 Å². The minimum atomic E-state index is -4.61. The number of aryl methyl sites for hydroxylation is 1. The lowest BCUT2D eigenvalue weighted by Gasteiger charge is -2.13. The third-order valence-electron chi connectivity index (χ3n) is 4.00. The summed E-state index contributed by atoms with van der Waals surface area (Å²) in [4.78, 5) is 16.1. The van der Waals surface area contributed by atoms with Crippen molar-refractivity contribution >= 4 is 5.82 Å². The van der Waals surface area contributed by atoms with Gasteiger partial charge in [0.15, 0.2) is 11.5 Å². The van der Waals surface area contributed by atoms with Gasteiger partial charge in [0.05, 0.1) is 18.3 Å². The maximum Gasteiger partial charge on any atom is 0.433 e. The first kappa shape index (κ1) is 19.7. The number of alkyl halides is 3. The number of nitrogens with zero attached hydrogens (tertiary/aromatic N) is 4. The van der Waals surface area contributed by atoms with Crippen molar-refractivity contribution in [1.29, 1.82) is 0 Å². The van der Waals surface area contributed by atoms with Crippen molar-refractivity contribution in [2.75, 3.05) is 5.32 Å². The van der Waals surface area contributed by atoms with E-state index in [1.807, 2.05) is 0 Å². The number of rotatable bonds is 5. The highest BCUT2D eigenvalue weighted by atomic mass is 19.4.